The third-order valence-electron chi connectivity index (χ3n) is 3.75. The van der Waals surface area contributed by atoms with E-state index in [9.17, 15) is 4.39 Å². The Kier molecular flexibility index (Phi) is 5.61. The summed E-state index contributed by atoms with van der Waals surface area (Å²) in [6, 6.07) is 4.65. The summed E-state index contributed by atoms with van der Waals surface area (Å²) in [5, 5.41) is 6.76. The van der Waals surface area contributed by atoms with Gasteiger partial charge in [0, 0.05) is 12.1 Å². The van der Waals surface area contributed by atoms with E-state index in [2.05, 4.69) is 10.6 Å². The van der Waals surface area contributed by atoms with E-state index in [-0.39, 0.29) is 5.82 Å². The van der Waals surface area contributed by atoms with E-state index in [0.717, 1.165) is 36.9 Å². The van der Waals surface area contributed by atoms with Crippen LogP contribution in [-0.4, -0.2) is 26.7 Å². The summed E-state index contributed by atoms with van der Waals surface area (Å²) in [5.41, 5.74) is 0.882. The minimum absolute atomic E-state index is 0.212. The topological polar surface area (TPSA) is 33.3 Å². The van der Waals surface area contributed by atoms with Gasteiger partial charge in [-0.1, -0.05) is 0 Å². The van der Waals surface area contributed by atoms with Crippen LogP contribution in [0.3, 0.4) is 0 Å². The van der Waals surface area contributed by atoms with Gasteiger partial charge in [0.25, 0.3) is 0 Å². The van der Waals surface area contributed by atoms with Crippen molar-refractivity contribution >= 4 is 0 Å². The van der Waals surface area contributed by atoms with Gasteiger partial charge in [0.05, 0.1) is 7.11 Å². The molecule has 0 aromatic heterocycles. The molecule has 1 aromatic rings. The lowest BCUT2D eigenvalue weighted by molar-refractivity contribution is 0.347. The van der Waals surface area contributed by atoms with Crippen molar-refractivity contribution in [3.05, 3.63) is 29.6 Å². The maximum atomic E-state index is 13.2. The van der Waals surface area contributed by atoms with Gasteiger partial charge in [-0.3, -0.25) is 0 Å². The molecule has 1 heterocycles. The fraction of sp³-hybridized carbons (Fsp3) is 0.600. The Balaban J connectivity index is 1.74. The van der Waals surface area contributed by atoms with Crippen molar-refractivity contribution in [1.82, 2.24) is 10.6 Å². The van der Waals surface area contributed by atoms with Crippen molar-refractivity contribution in [1.29, 1.82) is 0 Å². The van der Waals surface area contributed by atoms with Crippen molar-refractivity contribution < 1.29 is 9.13 Å². The highest BCUT2D eigenvalue weighted by molar-refractivity contribution is 5.33. The average Bonchev–Trinajstić information content (AvgIpc) is 2.45. The molecule has 3 nitrogen and oxygen atoms in total. The maximum absolute atomic E-state index is 13.2. The molecule has 4 heteroatoms. The summed E-state index contributed by atoms with van der Waals surface area (Å²) in [7, 11) is 1.62. The van der Waals surface area contributed by atoms with Crippen LogP contribution in [0.1, 0.15) is 24.8 Å². The van der Waals surface area contributed by atoms with E-state index < -0.39 is 0 Å². The van der Waals surface area contributed by atoms with E-state index in [4.69, 9.17) is 4.74 Å². The molecule has 1 saturated heterocycles. The van der Waals surface area contributed by atoms with Crippen LogP contribution >= 0.6 is 0 Å². The Bertz CT molecular complexity index is 392. The van der Waals surface area contributed by atoms with Gasteiger partial charge in [-0.05, 0) is 63.0 Å². The molecule has 1 aliphatic rings. The molecule has 0 unspecified atom stereocenters. The Morgan fingerprint density at radius 2 is 2.16 bits per heavy atom. The van der Waals surface area contributed by atoms with E-state index >= 15 is 0 Å². The van der Waals surface area contributed by atoms with Crippen molar-refractivity contribution in [2.24, 2.45) is 5.92 Å². The second kappa shape index (κ2) is 7.46. The number of ether oxygens (including phenoxy) is 1. The molecule has 106 valence electrons. The van der Waals surface area contributed by atoms with Crippen LogP contribution in [0, 0.1) is 11.7 Å². The zero-order chi connectivity index (χ0) is 13.5. The van der Waals surface area contributed by atoms with Crippen LogP contribution in [0.2, 0.25) is 0 Å². The van der Waals surface area contributed by atoms with Gasteiger partial charge in [0.15, 0.2) is 0 Å². The lowest BCUT2D eigenvalue weighted by Crippen LogP contribution is -2.29. The van der Waals surface area contributed by atoms with Crippen molar-refractivity contribution in [3.8, 4) is 5.75 Å². The number of benzene rings is 1. The number of hydrogen-bond acceptors (Lipinski definition) is 3. The number of methoxy groups -OCH3 is 1. The molecule has 0 amide bonds. The monoisotopic (exact) mass is 266 g/mol. The highest BCUT2D eigenvalue weighted by atomic mass is 19.1. The smallest absolute Gasteiger partial charge is 0.123 e. The molecule has 0 saturated carbocycles. The standard InChI is InChI=1S/C15H23FN2O/c1-19-15-3-2-14(16)10-13(15)11-18-9-6-12-4-7-17-8-5-12/h2-3,10,12,17-18H,4-9,11H2,1H3. The second-order valence-corrected chi connectivity index (χ2v) is 5.11. The Labute approximate surface area is 114 Å². The van der Waals surface area contributed by atoms with Crippen LogP contribution < -0.4 is 15.4 Å². The van der Waals surface area contributed by atoms with Gasteiger partial charge in [-0.15, -0.1) is 0 Å². The average molecular weight is 266 g/mol. The molecule has 2 rings (SSSR count). The first-order valence-corrected chi connectivity index (χ1v) is 7.03. The minimum Gasteiger partial charge on any atom is -0.496 e. The number of rotatable bonds is 6. The predicted octanol–water partition coefficient (Wildman–Crippen LogP) is 2.31. The van der Waals surface area contributed by atoms with Crippen molar-refractivity contribution in [2.45, 2.75) is 25.8 Å². The molecule has 1 aromatic carbocycles. The first-order valence-electron chi connectivity index (χ1n) is 7.03. The Hall–Kier alpha value is -1.13. The Morgan fingerprint density at radius 3 is 2.89 bits per heavy atom. The molecule has 0 radical (unpaired) electrons. The van der Waals surface area contributed by atoms with Crippen molar-refractivity contribution in [2.75, 3.05) is 26.7 Å². The van der Waals surface area contributed by atoms with Crippen LogP contribution in [-0.2, 0) is 6.54 Å². The molecule has 1 aliphatic heterocycles. The molecule has 19 heavy (non-hydrogen) atoms. The quantitative estimate of drug-likeness (QED) is 0.775. The number of halogens is 1. The van der Waals surface area contributed by atoms with Gasteiger partial charge in [0.1, 0.15) is 11.6 Å². The molecule has 1 fully saturated rings. The first kappa shape index (κ1) is 14.3. The highest BCUT2D eigenvalue weighted by Crippen LogP contribution is 2.19. The van der Waals surface area contributed by atoms with E-state index in [1.807, 2.05) is 0 Å². The molecule has 0 bridgehead atoms. The first-order chi connectivity index (χ1) is 9.29. The van der Waals surface area contributed by atoms with E-state index in [1.54, 1.807) is 13.2 Å². The molecular formula is C15H23FN2O. The second-order valence-electron chi connectivity index (χ2n) is 5.11. The largest absolute Gasteiger partial charge is 0.496 e. The van der Waals surface area contributed by atoms with Crippen LogP contribution in [0.15, 0.2) is 18.2 Å². The zero-order valence-electron chi connectivity index (χ0n) is 11.5. The normalized spacial score (nSPS) is 16.5. The molecular weight excluding hydrogens is 243 g/mol. The summed E-state index contributed by atoms with van der Waals surface area (Å²) < 4.78 is 18.4. The van der Waals surface area contributed by atoms with E-state index in [1.165, 1.54) is 31.4 Å². The summed E-state index contributed by atoms with van der Waals surface area (Å²) >= 11 is 0. The summed E-state index contributed by atoms with van der Waals surface area (Å²) in [6.45, 7) is 3.92. The van der Waals surface area contributed by atoms with Gasteiger partial charge in [0.2, 0.25) is 0 Å². The van der Waals surface area contributed by atoms with Gasteiger partial charge < -0.3 is 15.4 Å². The third kappa shape index (κ3) is 4.48. The summed E-state index contributed by atoms with van der Waals surface area (Å²) in [5.74, 6) is 1.36. The van der Waals surface area contributed by atoms with Gasteiger partial charge in [-0.25, -0.2) is 4.39 Å². The fourth-order valence-electron chi connectivity index (χ4n) is 2.58. The fourth-order valence-corrected chi connectivity index (χ4v) is 2.58. The van der Waals surface area contributed by atoms with E-state index in [0.29, 0.717) is 6.54 Å². The molecule has 0 atom stereocenters. The highest BCUT2D eigenvalue weighted by Gasteiger charge is 2.12. The number of nitrogens with one attached hydrogen (secondary N) is 2. The third-order valence-corrected chi connectivity index (χ3v) is 3.75. The van der Waals surface area contributed by atoms with Crippen LogP contribution in [0.4, 0.5) is 4.39 Å². The SMILES string of the molecule is COc1ccc(F)cc1CNCCC1CCNCC1. The molecule has 2 N–H and O–H groups in total. The lowest BCUT2D eigenvalue weighted by atomic mass is 9.95. The molecule has 0 spiro atoms. The lowest BCUT2D eigenvalue weighted by Gasteiger charge is -2.22. The number of hydrogen-bond donors (Lipinski definition) is 2. The Morgan fingerprint density at radius 1 is 1.37 bits per heavy atom. The zero-order valence-corrected chi connectivity index (χ0v) is 11.5. The summed E-state index contributed by atoms with van der Waals surface area (Å²) in [4.78, 5) is 0. The minimum atomic E-state index is -0.212. The maximum Gasteiger partial charge on any atom is 0.123 e. The van der Waals surface area contributed by atoms with Crippen molar-refractivity contribution in [3.63, 3.8) is 0 Å². The van der Waals surface area contributed by atoms with Gasteiger partial charge in [-0.2, -0.15) is 0 Å². The number of piperidine rings is 1. The van der Waals surface area contributed by atoms with Crippen LogP contribution in [0.5, 0.6) is 5.75 Å². The van der Waals surface area contributed by atoms with Crippen LogP contribution in [0.25, 0.3) is 0 Å². The predicted molar refractivity (Wildman–Crippen MR) is 74.9 cm³/mol. The van der Waals surface area contributed by atoms with Gasteiger partial charge >= 0.3 is 0 Å². The summed E-state index contributed by atoms with van der Waals surface area (Å²) in [6.07, 6.45) is 3.73. The molecule has 0 aliphatic carbocycles.